The van der Waals surface area contributed by atoms with E-state index in [1.807, 2.05) is 0 Å². The van der Waals surface area contributed by atoms with Crippen molar-refractivity contribution >= 4 is 29.2 Å². The van der Waals surface area contributed by atoms with Gasteiger partial charge < -0.3 is 10.6 Å². The summed E-state index contributed by atoms with van der Waals surface area (Å²) in [6.45, 7) is 1.11. The van der Waals surface area contributed by atoms with Gasteiger partial charge in [0.1, 0.15) is 6.04 Å². The van der Waals surface area contributed by atoms with Crippen LogP contribution in [0.1, 0.15) is 10.5 Å². The van der Waals surface area contributed by atoms with Gasteiger partial charge in [-0.15, -0.1) is 12.4 Å². The number of fused-ring (bicyclic) bond motifs is 1. The smallest absolute Gasteiger partial charge is 0.349 e. The molecule has 25 heavy (non-hydrogen) atoms. The fourth-order valence-corrected chi connectivity index (χ4v) is 2.86. The molecule has 3 N–H and O–H groups in total. The lowest BCUT2D eigenvalue weighted by Gasteiger charge is -2.35. The van der Waals surface area contributed by atoms with Crippen LogP contribution in [0.2, 0.25) is 0 Å². The molecule has 2 heterocycles. The molecule has 10 heteroatoms. The van der Waals surface area contributed by atoms with Crippen LogP contribution >= 0.6 is 12.4 Å². The summed E-state index contributed by atoms with van der Waals surface area (Å²) in [5.74, 6) is -0.614. The van der Waals surface area contributed by atoms with Crippen LogP contribution < -0.4 is 10.6 Å². The summed E-state index contributed by atoms with van der Waals surface area (Å²) in [4.78, 5) is 13.6. The van der Waals surface area contributed by atoms with Gasteiger partial charge in [0.25, 0.3) is 5.91 Å². The maximum Gasteiger partial charge on any atom is 0.405 e. The first-order chi connectivity index (χ1) is 11.5. The molecule has 0 saturated carbocycles. The first-order valence-electron chi connectivity index (χ1n) is 7.69. The normalized spacial score (nSPS) is 17.1. The maximum atomic E-state index is 13.3. The summed E-state index contributed by atoms with van der Waals surface area (Å²) < 4.78 is 39.9. The van der Waals surface area contributed by atoms with E-state index in [-0.39, 0.29) is 18.1 Å². The lowest BCUT2D eigenvalue weighted by molar-refractivity contribution is -0.183. The Morgan fingerprint density at radius 1 is 1.28 bits per heavy atom. The average molecular weight is 378 g/mol. The summed E-state index contributed by atoms with van der Waals surface area (Å²) in [6.07, 6.45) is -4.40. The molecular formula is C15H19ClF3N5O. The van der Waals surface area contributed by atoms with Gasteiger partial charge >= 0.3 is 6.18 Å². The molecule has 0 spiro atoms. The Hall–Kier alpha value is -1.84. The van der Waals surface area contributed by atoms with Gasteiger partial charge in [0, 0.05) is 38.1 Å². The quantitative estimate of drug-likeness (QED) is 0.756. The number of nitrogens with one attached hydrogen (secondary N) is 3. The lowest BCUT2D eigenvalue weighted by atomic mass is 10.2. The highest BCUT2D eigenvalue weighted by Gasteiger charge is 2.43. The molecule has 1 aromatic heterocycles. The molecule has 1 aliphatic rings. The fourth-order valence-electron chi connectivity index (χ4n) is 2.86. The van der Waals surface area contributed by atoms with Crippen molar-refractivity contribution in [2.45, 2.75) is 12.2 Å². The Balaban J connectivity index is 0.00000225. The Bertz CT molecular complexity index is 714. The highest BCUT2D eigenvalue weighted by atomic mass is 35.5. The molecule has 1 amide bonds. The van der Waals surface area contributed by atoms with Gasteiger partial charge in [-0.2, -0.15) is 18.3 Å². The minimum absolute atomic E-state index is 0. The number of H-pyrrole nitrogens is 1. The number of benzene rings is 1. The van der Waals surface area contributed by atoms with Gasteiger partial charge in [0.2, 0.25) is 0 Å². The zero-order valence-corrected chi connectivity index (χ0v) is 14.1. The molecular weight excluding hydrogens is 359 g/mol. The SMILES string of the molecule is Cl.O=C(NCC(N1CCNCC1)C(F)(F)F)c1n[nH]c2ccccc12. The fraction of sp³-hybridized carbons (Fsp3) is 0.467. The average Bonchev–Trinajstić information content (AvgIpc) is 2.99. The van der Waals surface area contributed by atoms with Crippen molar-refractivity contribution in [1.82, 2.24) is 25.7 Å². The zero-order chi connectivity index (χ0) is 17.2. The van der Waals surface area contributed by atoms with Crippen LogP contribution in [0.5, 0.6) is 0 Å². The number of halogens is 4. The molecule has 0 bridgehead atoms. The number of carbonyl (C=O) groups is 1. The molecule has 1 aromatic carbocycles. The molecule has 1 unspecified atom stereocenters. The number of aromatic amines is 1. The number of carbonyl (C=O) groups excluding carboxylic acids is 1. The van der Waals surface area contributed by atoms with Gasteiger partial charge in [-0.1, -0.05) is 18.2 Å². The van der Waals surface area contributed by atoms with Gasteiger partial charge in [0.15, 0.2) is 5.69 Å². The van der Waals surface area contributed by atoms with Crippen LogP contribution in [0, 0.1) is 0 Å². The lowest BCUT2D eigenvalue weighted by Crippen LogP contribution is -2.57. The first-order valence-corrected chi connectivity index (χ1v) is 7.69. The number of piperazine rings is 1. The number of aromatic nitrogens is 2. The minimum Gasteiger partial charge on any atom is -0.349 e. The van der Waals surface area contributed by atoms with Crippen molar-refractivity contribution < 1.29 is 18.0 Å². The molecule has 3 rings (SSSR count). The molecule has 0 aliphatic carbocycles. The van der Waals surface area contributed by atoms with E-state index >= 15 is 0 Å². The largest absolute Gasteiger partial charge is 0.405 e. The number of alkyl halides is 3. The Labute approximate surface area is 148 Å². The summed E-state index contributed by atoms with van der Waals surface area (Å²) in [7, 11) is 0. The third-order valence-corrected chi connectivity index (χ3v) is 4.11. The van der Waals surface area contributed by atoms with Crippen molar-refractivity contribution in [1.29, 1.82) is 0 Å². The van der Waals surface area contributed by atoms with E-state index in [0.717, 1.165) is 0 Å². The van der Waals surface area contributed by atoms with Crippen molar-refractivity contribution in [3.8, 4) is 0 Å². The maximum absolute atomic E-state index is 13.3. The van der Waals surface area contributed by atoms with Crippen molar-refractivity contribution in [2.75, 3.05) is 32.7 Å². The number of hydrogen-bond acceptors (Lipinski definition) is 4. The highest BCUT2D eigenvalue weighted by molar-refractivity contribution is 6.04. The van der Waals surface area contributed by atoms with Crippen LogP contribution in [0.25, 0.3) is 10.9 Å². The predicted molar refractivity (Wildman–Crippen MR) is 90.0 cm³/mol. The van der Waals surface area contributed by atoms with Crippen LogP contribution in [0.4, 0.5) is 13.2 Å². The Morgan fingerprint density at radius 2 is 1.96 bits per heavy atom. The topological polar surface area (TPSA) is 73.1 Å². The third kappa shape index (κ3) is 4.42. The van der Waals surface area contributed by atoms with Gasteiger partial charge in [-0.05, 0) is 6.07 Å². The van der Waals surface area contributed by atoms with Gasteiger partial charge in [0.05, 0.1) is 5.52 Å². The van der Waals surface area contributed by atoms with E-state index in [4.69, 9.17) is 0 Å². The van der Waals surface area contributed by atoms with E-state index in [2.05, 4.69) is 20.8 Å². The molecule has 2 aromatic rings. The summed E-state index contributed by atoms with van der Waals surface area (Å²) in [5, 5.41) is 12.6. The van der Waals surface area contributed by atoms with Crippen molar-refractivity contribution in [2.24, 2.45) is 0 Å². The second-order valence-corrected chi connectivity index (χ2v) is 5.67. The van der Waals surface area contributed by atoms with Crippen LogP contribution in [0.3, 0.4) is 0 Å². The van der Waals surface area contributed by atoms with Gasteiger partial charge in [-0.3, -0.25) is 14.8 Å². The molecule has 6 nitrogen and oxygen atoms in total. The van der Waals surface area contributed by atoms with E-state index in [1.54, 1.807) is 24.3 Å². The molecule has 1 fully saturated rings. The molecule has 1 saturated heterocycles. The van der Waals surface area contributed by atoms with Crippen LogP contribution in [0.15, 0.2) is 24.3 Å². The molecule has 138 valence electrons. The second kappa shape index (κ2) is 8.03. The summed E-state index contributed by atoms with van der Waals surface area (Å²) >= 11 is 0. The molecule has 1 aliphatic heterocycles. The van der Waals surface area contributed by atoms with Gasteiger partial charge in [-0.25, -0.2) is 0 Å². The highest BCUT2D eigenvalue weighted by Crippen LogP contribution is 2.25. The minimum atomic E-state index is -4.40. The second-order valence-electron chi connectivity index (χ2n) is 5.67. The monoisotopic (exact) mass is 377 g/mol. The van der Waals surface area contributed by atoms with E-state index < -0.39 is 24.7 Å². The zero-order valence-electron chi connectivity index (χ0n) is 13.3. The van der Waals surface area contributed by atoms with E-state index in [9.17, 15) is 18.0 Å². The van der Waals surface area contributed by atoms with Crippen molar-refractivity contribution in [3.63, 3.8) is 0 Å². The van der Waals surface area contributed by atoms with E-state index in [0.29, 0.717) is 37.1 Å². The summed E-state index contributed by atoms with van der Waals surface area (Å²) in [5.41, 5.74) is 0.768. The number of rotatable bonds is 4. The van der Waals surface area contributed by atoms with E-state index in [1.165, 1.54) is 4.90 Å². The summed E-state index contributed by atoms with van der Waals surface area (Å²) in [6, 6.07) is 5.28. The Morgan fingerprint density at radius 3 is 2.64 bits per heavy atom. The standard InChI is InChI=1S/C15H18F3N5O.ClH/c16-15(17,18)12(23-7-5-19-6-8-23)9-20-14(24)13-10-3-1-2-4-11(10)21-22-13;/h1-4,12,19H,5-9H2,(H,20,24)(H,21,22);1H. The first kappa shape index (κ1) is 19.5. The number of nitrogens with zero attached hydrogens (tertiary/aromatic N) is 2. The van der Waals surface area contributed by atoms with Crippen LogP contribution in [-0.4, -0.2) is 65.9 Å². The molecule has 0 radical (unpaired) electrons. The number of amides is 1. The molecule has 1 atom stereocenters. The number of para-hydroxylation sites is 1. The van der Waals surface area contributed by atoms with Crippen molar-refractivity contribution in [3.05, 3.63) is 30.0 Å². The predicted octanol–water partition coefficient (Wildman–Crippen LogP) is 1.55. The Kier molecular flexibility index (Phi) is 6.26. The van der Waals surface area contributed by atoms with Crippen LogP contribution in [-0.2, 0) is 0 Å². The number of hydrogen-bond donors (Lipinski definition) is 3. The third-order valence-electron chi connectivity index (χ3n) is 4.11.